The van der Waals surface area contributed by atoms with Crippen LogP contribution in [-0.4, -0.2) is 56.1 Å². The summed E-state index contributed by atoms with van der Waals surface area (Å²) in [4.78, 5) is 25.5. The Balaban J connectivity index is 1.62. The molecule has 114 valence electrons. The van der Waals surface area contributed by atoms with Gasteiger partial charge in [-0.15, -0.1) is 0 Å². The molecule has 0 atom stereocenters. The fraction of sp³-hybridized carbons (Fsp3) is 0.857. The highest BCUT2D eigenvalue weighted by molar-refractivity contribution is 5.79. The molecule has 1 saturated carbocycles. The number of carbonyl (C=O) groups is 2. The fourth-order valence-corrected chi connectivity index (χ4v) is 2.81. The normalized spacial score (nSPS) is 21.1. The molecule has 6 heteroatoms. The molecule has 2 aliphatic rings. The summed E-state index contributed by atoms with van der Waals surface area (Å²) < 4.78 is 5.20. The topological polar surface area (TPSA) is 84.7 Å². The molecule has 20 heavy (non-hydrogen) atoms. The second-order valence-electron chi connectivity index (χ2n) is 5.83. The minimum atomic E-state index is 0.0185. The van der Waals surface area contributed by atoms with Crippen molar-refractivity contribution in [3.63, 3.8) is 0 Å². The number of nitrogens with one attached hydrogen (secondary N) is 1. The van der Waals surface area contributed by atoms with Crippen LogP contribution in [0.5, 0.6) is 0 Å². The zero-order valence-corrected chi connectivity index (χ0v) is 12.0. The molecule has 2 fully saturated rings. The summed E-state index contributed by atoms with van der Waals surface area (Å²) in [6.45, 7) is 3.52. The number of rotatable bonds is 6. The van der Waals surface area contributed by atoms with Crippen LogP contribution in [0, 0.1) is 5.41 Å². The average molecular weight is 283 g/mol. The third-order valence-corrected chi connectivity index (χ3v) is 4.41. The zero-order chi connectivity index (χ0) is 14.4. The molecular formula is C14H25N3O3. The van der Waals surface area contributed by atoms with Crippen molar-refractivity contribution in [2.75, 3.05) is 39.4 Å². The fourth-order valence-electron chi connectivity index (χ4n) is 2.81. The van der Waals surface area contributed by atoms with Crippen LogP contribution in [0.2, 0.25) is 0 Å². The van der Waals surface area contributed by atoms with Crippen LogP contribution in [0.25, 0.3) is 0 Å². The Labute approximate surface area is 120 Å². The number of carbonyl (C=O) groups excluding carboxylic acids is 2. The van der Waals surface area contributed by atoms with Gasteiger partial charge < -0.3 is 20.7 Å². The number of hydrogen-bond acceptors (Lipinski definition) is 4. The van der Waals surface area contributed by atoms with Gasteiger partial charge in [0.2, 0.25) is 11.8 Å². The Morgan fingerprint density at radius 1 is 1.25 bits per heavy atom. The molecular weight excluding hydrogens is 258 g/mol. The Morgan fingerprint density at radius 3 is 2.50 bits per heavy atom. The van der Waals surface area contributed by atoms with E-state index in [1.165, 1.54) is 6.42 Å². The summed E-state index contributed by atoms with van der Waals surface area (Å²) in [6.07, 6.45) is 4.11. The maximum Gasteiger partial charge on any atom is 0.224 e. The first-order valence-corrected chi connectivity index (χ1v) is 7.47. The van der Waals surface area contributed by atoms with Gasteiger partial charge in [0.25, 0.3) is 0 Å². The molecule has 1 saturated heterocycles. The van der Waals surface area contributed by atoms with Gasteiger partial charge in [-0.25, -0.2) is 0 Å². The van der Waals surface area contributed by atoms with E-state index in [2.05, 4.69) is 5.32 Å². The zero-order valence-electron chi connectivity index (χ0n) is 12.0. The molecule has 0 unspecified atom stereocenters. The molecule has 2 rings (SSSR count). The monoisotopic (exact) mass is 283 g/mol. The van der Waals surface area contributed by atoms with E-state index in [0.717, 1.165) is 12.8 Å². The smallest absolute Gasteiger partial charge is 0.224 e. The lowest BCUT2D eigenvalue weighted by molar-refractivity contribution is -0.135. The SMILES string of the molecule is NCC1(CC(=O)NCCC(=O)N2CCOCC2)CCC1. The first-order valence-electron chi connectivity index (χ1n) is 7.47. The Hall–Kier alpha value is -1.14. The van der Waals surface area contributed by atoms with E-state index in [0.29, 0.717) is 52.2 Å². The minimum Gasteiger partial charge on any atom is -0.378 e. The summed E-state index contributed by atoms with van der Waals surface area (Å²) >= 11 is 0. The number of nitrogens with two attached hydrogens (primary N) is 1. The molecule has 1 aliphatic carbocycles. The Kier molecular flexibility index (Phi) is 5.37. The molecule has 0 aromatic heterocycles. The van der Waals surface area contributed by atoms with E-state index in [1.54, 1.807) is 4.90 Å². The lowest BCUT2D eigenvalue weighted by Gasteiger charge is -2.40. The van der Waals surface area contributed by atoms with E-state index in [4.69, 9.17) is 10.5 Å². The summed E-state index contributed by atoms with van der Waals surface area (Å²) in [7, 11) is 0. The van der Waals surface area contributed by atoms with Gasteiger partial charge >= 0.3 is 0 Å². The maximum absolute atomic E-state index is 11.9. The van der Waals surface area contributed by atoms with Crippen molar-refractivity contribution in [1.29, 1.82) is 0 Å². The van der Waals surface area contributed by atoms with Gasteiger partial charge in [-0.05, 0) is 24.8 Å². The van der Waals surface area contributed by atoms with E-state index in [9.17, 15) is 9.59 Å². The van der Waals surface area contributed by atoms with E-state index in [-0.39, 0.29) is 17.2 Å². The maximum atomic E-state index is 11.9. The van der Waals surface area contributed by atoms with Crippen molar-refractivity contribution in [1.82, 2.24) is 10.2 Å². The van der Waals surface area contributed by atoms with Crippen LogP contribution >= 0.6 is 0 Å². The lowest BCUT2D eigenvalue weighted by Crippen LogP contribution is -2.43. The van der Waals surface area contributed by atoms with Gasteiger partial charge in [-0.2, -0.15) is 0 Å². The summed E-state index contributed by atoms with van der Waals surface area (Å²) in [5.41, 5.74) is 5.76. The molecule has 0 aromatic carbocycles. The highest BCUT2D eigenvalue weighted by Crippen LogP contribution is 2.42. The summed E-state index contributed by atoms with van der Waals surface area (Å²) in [6, 6.07) is 0. The second kappa shape index (κ2) is 7.04. The molecule has 3 N–H and O–H groups in total. The second-order valence-corrected chi connectivity index (χ2v) is 5.83. The third-order valence-electron chi connectivity index (χ3n) is 4.41. The predicted octanol–water partition coefficient (Wildman–Crippen LogP) is -0.129. The molecule has 1 aliphatic heterocycles. The number of nitrogens with zero attached hydrogens (tertiary/aromatic N) is 1. The number of morpholine rings is 1. The van der Waals surface area contributed by atoms with E-state index < -0.39 is 0 Å². The molecule has 6 nitrogen and oxygen atoms in total. The number of hydrogen-bond donors (Lipinski definition) is 2. The van der Waals surface area contributed by atoms with Gasteiger partial charge in [-0.3, -0.25) is 9.59 Å². The molecule has 0 radical (unpaired) electrons. The molecule has 2 amide bonds. The highest BCUT2D eigenvalue weighted by atomic mass is 16.5. The standard InChI is InChI=1S/C14H25N3O3/c15-11-14(3-1-4-14)10-12(18)16-5-2-13(19)17-6-8-20-9-7-17/h1-11,15H2,(H,16,18). The Morgan fingerprint density at radius 2 is 1.95 bits per heavy atom. The van der Waals surface area contributed by atoms with Crippen molar-refractivity contribution >= 4 is 11.8 Å². The van der Waals surface area contributed by atoms with Crippen molar-refractivity contribution < 1.29 is 14.3 Å². The average Bonchev–Trinajstić information content (AvgIpc) is 2.43. The van der Waals surface area contributed by atoms with Crippen molar-refractivity contribution in [3.05, 3.63) is 0 Å². The van der Waals surface area contributed by atoms with E-state index >= 15 is 0 Å². The van der Waals surface area contributed by atoms with Crippen LogP contribution in [-0.2, 0) is 14.3 Å². The largest absolute Gasteiger partial charge is 0.378 e. The Bertz CT molecular complexity index is 344. The van der Waals surface area contributed by atoms with Crippen LogP contribution in [0.15, 0.2) is 0 Å². The quantitative estimate of drug-likeness (QED) is 0.711. The summed E-state index contributed by atoms with van der Waals surface area (Å²) in [5, 5.41) is 2.84. The number of amides is 2. The molecule has 0 bridgehead atoms. The summed E-state index contributed by atoms with van der Waals surface area (Å²) in [5.74, 6) is 0.107. The van der Waals surface area contributed by atoms with Gasteiger partial charge in [0, 0.05) is 32.5 Å². The predicted molar refractivity (Wildman–Crippen MR) is 75.0 cm³/mol. The van der Waals surface area contributed by atoms with Gasteiger partial charge in [-0.1, -0.05) is 6.42 Å². The van der Waals surface area contributed by atoms with Gasteiger partial charge in [0.1, 0.15) is 0 Å². The van der Waals surface area contributed by atoms with Crippen LogP contribution < -0.4 is 11.1 Å². The van der Waals surface area contributed by atoms with Crippen LogP contribution in [0.1, 0.15) is 32.1 Å². The van der Waals surface area contributed by atoms with Crippen molar-refractivity contribution in [3.8, 4) is 0 Å². The minimum absolute atomic E-state index is 0.0185. The van der Waals surface area contributed by atoms with Crippen LogP contribution in [0.4, 0.5) is 0 Å². The van der Waals surface area contributed by atoms with E-state index in [1.807, 2.05) is 0 Å². The van der Waals surface area contributed by atoms with Gasteiger partial charge in [0.15, 0.2) is 0 Å². The lowest BCUT2D eigenvalue weighted by atomic mass is 9.66. The van der Waals surface area contributed by atoms with Gasteiger partial charge in [0.05, 0.1) is 13.2 Å². The van der Waals surface area contributed by atoms with Crippen molar-refractivity contribution in [2.24, 2.45) is 11.1 Å². The first kappa shape index (κ1) is 15.3. The first-order chi connectivity index (χ1) is 9.65. The third kappa shape index (κ3) is 3.93. The van der Waals surface area contributed by atoms with Crippen molar-refractivity contribution in [2.45, 2.75) is 32.1 Å². The number of ether oxygens (including phenoxy) is 1. The van der Waals surface area contributed by atoms with Crippen LogP contribution in [0.3, 0.4) is 0 Å². The highest BCUT2D eigenvalue weighted by Gasteiger charge is 2.37. The molecule has 0 spiro atoms. The molecule has 1 heterocycles. The molecule has 0 aromatic rings.